The number of hydrogen-bond donors (Lipinski definition) is 2. The maximum Gasteiger partial charge on any atom is 0.331 e. The average Bonchev–Trinajstić information content (AvgIpc) is 2.98. The molecule has 5 rings (SSSR count). The number of benzene rings is 4. The van der Waals surface area contributed by atoms with Crippen molar-refractivity contribution in [3.05, 3.63) is 167 Å². The Morgan fingerprint density at radius 3 is 1.56 bits per heavy atom. The first-order valence-electron chi connectivity index (χ1n) is 13.2. The smallest absolute Gasteiger partial charge is 0.282 e. The Balaban J connectivity index is 1.54. The Hall–Kier alpha value is -3.05. The summed E-state index contributed by atoms with van der Waals surface area (Å²) in [6.45, 7) is 0. The summed E-state index contributed by atoms with van der Waals surface area (Å²) in [5.41, 5.74) is 5.19. The fourth-order valence-electron chi connectivity index (χ4n) is 4.96. The molecule has 0 aromatic heterocycles. The predicted molar refractivity (Wildman–Crippen MR) is 180 cm³/mol. The van der Waals surface area contributed by atoms with Crippen molar-refractivity contribution in [2.45, 2.75) is 17.7 Å². The molecule has 230 valence electrons. The second-order valence-corrected chi connectivity index (χ2v) is 14.6. The van der Waals surface area contributed by atoms with Gasteiger partial charge < -0.3 is 0 Å². The summed E-state index contributed by atoms with van der Waals surface area (Å²) in [5.74, 6) is 0. The van der Waals surface area contributed by atoms with Crippen molar-refractivity contribution in [1.29, 1.82) is 0 Å². The van der Waals surface area contributed by atoms with E-state index in [9.17, 15) is 25.9 Å². The molecular formula is C33H23Cl4O6S2+. The van der Waals surface area contributed by atoms with Crippen molar-refractivity contribution in [2.24, 2.45) is 0 Å². The summed E-state index contributed by atoms with van der Waals surface area (Å²) < 4.78 is 67.2. The monoisotopic (exact) mass is 719 g/mol. The first-order chi connectivity index (χ1) is 21.2. The van der Waals surface area contributed by atoms with Gasteiger partial charge in [-0.3, -0.25) is 9.11 Å². The van der Waals surface area contributed by atoms with Gasteiger partial charge in [-0.25, -0.2) is 0 Å². The molecule has 45 heavy (non-hydrogen) atoms. The molecule has 0 radical (unpaired) electrons. The maximum atomic E-state index is 12.4. The lowest BCUT2D eigenvalue weighted by atomic mass is 9.88. The fourth-order valence-corrected chi connectivity index (χ4v) is 7.47. The molecule has 12 heteroatoms. The first kappa shape index (κ1) is 33.3. The molecule has 6 nitrogen and oxygen atoms in total. The van der Waals surface area contributed by atoms with Gasteiger partial charge >= 0.3 is 10.1 Å². The van der Waals surface area contributed by atoms with Crippen LogP contribution in [-0.4, -0.2) is 25.9 Å². The molecule has 0 amide bonds. The van der Waals surface area contributed by atoms with E-state index in [2.05, 4.69) is 0 Å². The Morgan fingerprint density at radius 1 is 0.644 bits per heavy atom. The van der Waals surface area contributed by atoms with Gasteiger partial charge in [-0.1, -0.05) is 76.7 Å². The Bertz CT molecular complexity index is 2040. The standard InChI is InChI=1S/C33H22Cl4O6S2/c34-28-5-3-6-29(35)26(28)16-20-8-12-22(13-9-20)33(25-4-1-2-7-32(25)45(41,42)43)23-14-10-21(11-15-23)17-27-30(36)18-24(19-31(27)37)44(38,39)40/h1-15,18-19H,16-17H2,(H-,38,39,40,41,42,43)/p+1. The van der Waals surface area contributed by atoms with Gasteiger partial charge in [0.05, 0.1) is 10.5 Å². The molecule has 4 aromatic carbocycles. The summed E-state index contributed by atoms with van der Waals surface area (Å²) in [6.07, 6.45) is 6.92. The SMILES string of the molecule is O=S(=O)(O)c1cc(Cl)c(Cc2ccc(C(=C3C=CC=C[C+]3S(=O)(=O)O)c3ccc(Cc4c(Cl)cccc4Cl)cc3)cc2)c(Cl)c1. The molecule has 0 heterocycles. The van der Waals surface area contributed by atoms with Crippen LogP contribution in [0, 0.1) is 5.25 Å². The van der Waals surface area contributed by atoms with E-state index in [4.69, 9.17) is 46.4 Å². The number of allylic oxidation sites excluding steroid dienone is 3. The van der Waals surface area contributed by atoms with Gasteiger partial charge in [-0.2, -0.15) is 16.8 Å². The second-order valence-electron chi connectivity index (χ2n) is 10.1. The normalized spacial score (nSPS) is 14.6. The minimum Gasteiger partial charge on any atom is -0.282 e. The zero-order chi connectivity index (χ0) is 32.5. The largest absolute Gasteiger partial charge is 0.331 e. The Kier molecular flexibility index (Phi) is 9.89. The molecule has 0 unspecified atom stereocenters. The Labute approximate surface area is 281 Å². The van der Waals surface area contributed by atoms with E-state index >= 15 is 0 Å². The van der Waals surface area contributed by atoms with E-state index in [-0.39, 0.29) is 21.7 Å². The van der Waals surface area contributed by atoms with E-state index in [0.717, 1.165) is 28.8 Å². The lowest BCUT2D eigenvalue weighted by Gasteiger charge is -2.15. The highest BCUT2D eigenvalue weighted by Crippen LogP contribution is 2.38. The van der Waals surface area contributed by atoms with E-state index < -0.39 is 25.1 Å². The van der Waals surface area contributed by atoms with Crippen molar-refractivity contribution in [3.8, 4) is 0 Å². The van der Waals surface area contributed by atoms with Crippen molar-refractivity contribution in [1.82, 2.24) is 0 Å². The van der Waals surface area contributed by atoms with Gasteiger partial charge in [0.2, 0.25) is 0 Å². The average molecular weight is 721 g/mol. The molecule has 0 aliphatic heterocycles. The summed E-state index contributed by atoms with van der Waals surface area (Å²) in [5, 5.41) is 1.02. The molecule has 1 aliphatic carbocycles. The number of hydrogen-bond acceptors (Lipinski definition) is 4. The van der Waals surface area contributed by atoms with E-state index in [1.54, 1.807) is 42.5 Å². The van der Waals surface area contributed by atoms with Gasteiger partial charge in [-0.15, -0.1) is 0 Å². The predicted octanol–water partition coefficient (Wildman–Crippen LogP) is 9.08. The summed E-state index contributed by atoms with van der Waals surface area (Å²) in [6, 6.07) is 22.3. The van der Waals surface area contributed by atoms with E-state index in [1.165, 1.54) is 12.2 Å². The van der Waals surface area contributed by atoms with Gasteiger partial charge in [-0.05, 0) is 70.8 Å². The molecule has 4 aromatic rings. The van der Waals surface area contributed by atoms with Crippen molar-refractivity contribution < 1.29 is 25.9 Å². The van der Waals surface area contributed by atoms with Crippen LogP contribution in [0.2, 0.25) is 20.1 Å². The van der Waals surface area contributed by atoms with Crippen LogP contribution in [0.5, 0.6) is 0 Å². The highest BCUT2D eigenvalue weighted by molar-refractivity contribution is 7.89. The molecular weight excluding hydrogens is 698 g/mol. The summed E-state index contributed by atoms with van der Waals surface area (Å²) >= 11 is 25.4. The minimum atomic E-state index is -4.57. The van der Waals surface area contributed by atoms with Crippen LogP contribution in [0.3, 0.4) is 0 Å². The maximum absolute atomic E-state index is 12.4. The van der Waals surface area contributed by atoms with Crippen LogP contribution in [0.15, 0.2) is 114 Å². The fraction of sp³-hybridized carbons (Fsp3) is 0.0606. The first-order valence-corrected chi connectivity index (χ1v) is 17.6. The van der Waals surface area contributed by atoms with Crippen LogP contribution in [0.4, 0.5) is 0 Å². The van der Waals surface area contributed by atoms with Crippen LogP contribution in [0.25, 0.3) is 5.57 Å². The van der Waals surface area contributed by atoms with Crippen LogP contribution in [0.1, 0.15) is 33.4 Å². The molecule has 0 atom stereocenters. The Morgan fingerprint density at radius 2 is 1.11 bits per heavy atom. The molecule has 0 spiro atoms. The second kappa shape index (κ2) is 13.4. The van der Waals surface area contributed by atoms with Gasteiger partial charge in [0, 0.05) is 68.4 Å². The van der Waals surface area contributed by atoms with E-state index in [1.807, 2.05) is 36.4 Å². The third-order valence-corrected chi connectivity index (χ3v) is 10.3. The highest BCUT2D eigenvalue weighted by Gasteiger charge is 2.35. The summed E-state index contributed by atoms with van der Waals surface area (Å²) in [4.78, 5) is -0.408. The van der Waals surface area contributed by atoms with Gasteiger partial charge in [0.15, 0.2) is 5.25 Å². The quantitative estimate of drug-likeness (QED) is 0.139. The van der Waals surface area contributed by atoms with Crippen molar-refractivity contribution >= 4 is 72.2 Å². The summed E-state index contributed by atoms with van der Waals surface area (Å²) in [7, 11) is -9.05. The third kappa shape index (κ3) is 7.68. The number of halogens is 4. The zero-order valence-corrected chi connectivity index (χ0v) is 27.7. The molecule has 0 fully saturated rings. The lowest BCUT2D eigenvalue weighted by Crippen LogP contribution is -2.14. The van der Waals surface area contributed by atoms with Crippen molar-refractivity contribution in [3.63, 3.8) is 0 Å². The number of rotatable bonds is 8. The third-order valence-electron chi connectivity index (χ3n) is 7.16. The lowest BCUT2D eigenvalue weighted by molar-refractivity contribution is 0.482. The molecule has 0 bridgehead atoms. The minimum absolute atomic E-state index is 0.0756. The van der Waals surface area contributed by atoms with Crippen LogP contribution >= 0.6 is 46.4 Å². The topological polar surface area (TPSA) is 109 Å². The van der Waals surface area contributed by atoms with Gasteiger partial charge in [0.1, 0.15) is 5.57 Å². The van der Waals surface area contributed by atoms with Crippen LogP contribution < -0.4 is 0 Å². The molecule has 1 aliphatic rings. The van der Waals surface area contributed by atoms with E-state index in [0.29, 0.717) is 44.3 Å². The van der Waals surface area contributed by atoms with Gasteiger partial charge in [0.25, 0.3) is 10.1 Å². The molecule has 0 saturated carbocycles. The zero-order valence-electron chi connectivity index (χ0n) is 23.1. The highest BCUT2D eigenvalue weighted by atomic mass is 35.5. The van der Waals surface area contributed by atoms with Crippen molar-refractivity contribution in [2.75, 3.05) is 0 Å². The van der Waals surface area contributed by atoms with Crippen LogP contribution in [-0.2, 0) is 33.1 Å². The molecule has 0 saturated heterocycles. The molecule has 2 N–H and O–H groups in total.